The normalized spacial score (nSPS) is 19.4. The molecule has 0 aromatic heterocycles. The fourth-order valence-corrected chi connectivity index (χ4v) is 2.65. The molecule has 1 saturated heterocycles. The number of ether oxygens (including phenoxy) is 1. The molecule has 4 heteroatoms. The van der Waals surface area contributed by atoms with Crippen molar-refractivity contribution in [2.75, 3.05) is 13.2 Å². The van der Waals surface area contributed by atoms with E-state index in [-0.39, 0.29) is 11.9 Å². The van der Waals surface area contributed by atoms with Gasteiger partial charge in [0.15, 0.2) is 0 Å². The topological polar surface area (TPSA) is 64.4 Å². The van der Waals surface area contributed by atoms with Crippen LogP contribution >= 0.6 is 0 Å². The van der Waals surface area contributed by atoms with Crippen molar-refractivity contribution in [3.05, 3.63) is 34.9 Å². The van der Waals surface area contributed by atoms with Crippen molar-refractivity contribution in [2.45, 2.75) is 45.2 Å². The highest BCUT2D eigenvalue weighted by molar-refractivity contribution is 5.86. The first-order chi connectivity index (χ1) is 9.40. The SMILES string of the molecule is Cc1cc(C)cc(C(C)NC(=O)C2(N)CCOCC2)c1. The Kier molecular flexibility index (Phi) is 4.45. The maximum Gasteiger partial charge on any atom is 0.240 e. The van der Waals surface area contributed by atoms with Gasteiger partial charge in [0, 0.05) is 13.2 Å². The average molecular weight is 276 g/mol. The van der Waals surface area contributed by atoms with E-state index in [0.29, 0.717) is 26.1 Å². The Labute approximate surface area is 120 Å². The van der Waals surface area contributed by atoms with Gasteiger partial charge in [0.05, 0.1) is 11.6 Å². The number of amides is 1. The first-order valence-corrected chi connectivity index (χ1v) is 7.16. The van der Waals surface area contributed by atoms with Gasteiger partial charge in [-0.2, -0.15) is 0 Å². The lowest BCUT2D eigenvalue weighted by molar-refractivity contribution is -0.130. The molecular formula is C16H24N2O2. The Morgan fingerprint density at radius 2 is 1.80 bits per heavy atom. The second-order valence-electron chi connectivity index (χ2n) is 5.88. The molecular weight excluding hydrogens is 252 g/mol. The van der Waals surface area contributed by atoms with Gasteiger partial charge in [-0.25, -0.2) is 0 Å². The number of nitrogens with one attached hydrogen (secondary N) is 1. The van der Waals surface area contributed by atoms with Gasteiger partial charge in [0.1, 0.15) is 0 Å². The van der Waals surface area contributed by atoms with Gasteiger partial charge in [0.2, 0.25) is 5.91 Å². The third-order valence-corrected chi connectivity index (χ3v) is 3.93. The predicted octanol–water partition coefficient (Wildman–Crippen LogP) is 1.99. The van der Waals surface area contributed by atoms with Crippen molar-refractivity contribution in [2.24, 2.45) is 5.73 Å². The fourth-order valence-electron chi connectivity index (χ4n) is 2.65. The molecule has 110 valence electrons. The summed E-state index contributed by atoms with van der Waals surface area (Å²) in [5.41, 5.74) is 8.93. The molecule has 2 rings (SSSR count). The van der Waals surface area contributed by atoms with Crippen LogP contribution in [0.5, 0.6) is 0 Å². The van der Waals surface area contributed by atoms with Crippen LogP contribution < -0.4 is 11.1 Å². The smallest absolute Gasteiger partial charge is 0.240 e. The van der Waals surface area contributed by atoms with Crippen LogP contribution in [-0.2, 0) is 9.53 Å². The van der Waals surface area contributed by atoms with Crippen molar-refractivity contribution < 1.29 is 9.53 Å². The lowest BCUT2D eigenvalue weighted by Crippen LogP contribution is -2.57. The molecule has 0 aliphatic carbocycles. The second kappa shape index (κ2) is 5.94. The van der Waals surface area contributed by atoms with E-state index in [1.54, 1.807) is 0 Å². The highest BCUT2D eigenvalue weighted by Gasteiger charge is 2.36. The van der Waals surface area contributed by atoms with Gasteiger partial charge >= 0.3 is 0 Å². The molecule has 1 aliphatic heterocycles. The number of nitrogens with two attached hydrogens (primary N) is 1. The minimum atomic E-state index is -0.786. The van der Waals surface area contributed by atoms with Crippen LogP contribution in [0.4, 0.5) is 0 Å². The summed E-state index contributed by atoms with van der Waals surface area (Å²) in [7, 11) is 0. The molecule has 3 N–H and O–H groups in total. The number of carbonyl (C=O) groups is 1. The minimum Gasteiger partial charge on any atom is -0.381 e. The molecule has 0 spiro atoms. The molecule has 1 aliphatic rings. The largest absolute Gasteiger partial charge is 0.381 e. The van der Waals surface area contributed by atoms with Gasteiger partial charge in [-0.3, -0.25) is 4.79 Å². The summed E-state index contributed by atoms with van der Waals surface area (Å²) >= 11 is 0. The summed E-state index contributed by atoms with van der Waals surface area (Å²) in [5, 5.41) is 3.04. The summed E-state index contributed by atoms with van der Waals surface area (Å²) < 4.78 is 5.28. The van der Waals surface area contributed by atoms with Crippen LogP contribution in [0.3, 0.4) is 0 Å². The van der Waals surface area contributed by atoms with Crippen molar-refractivity contribution in [1.29, 1.82) is 0 Å². The van der Waals surface area contributed by atoms with Crippen LogP contribution in [0.1, 0.15) is 42.5 Å². The zero-order valence-corrected chi connectivity index (χ0v) is 12.5. The molecule has 1 atom stereocenters. The second-order valence-corrected chi connectivity index (χ2v) is 5.88. The highest BCUT2D eigenvalue weighted by atomic mass is 16.5. The molecule has 0 bridgehead atoms. The summed E-state index contributed by atoms with van der Waals surface area (Å²) in [6.45, 7) is 7.24. The summed E-state index contributed by atoms with van der Waals surface area (Å²) in [6, 6.07) is 6.29. The molecule has 1 aromatic rings. The van der Waals surface area contributed by atoms with Crippen molar-refractivity contribution >= 4 is 5.91 Å². The first kappa shape index (κ1) is 15.0. The zero-order chi connectivity index (χ0) is 14.8. The van der Waals surface area contributed by atoms with E-state index in [0.717, 1.165) is 5.56 Å². The average Bonchev–Trinajstić information content (AvgIpc) is 2.38. The van der Waals surface area contributed by atoms with Gasteiger partial charge in [0.25, 0.3) is 0 Å². The van der Waals surface area contributed by atoms with Crippen LogP contribution in [-0.4, -0.2) is 24.7 Å². The van der Waals surface area contributed by atoms with E-state index in [9.17, 15) is 4.79 Å². The molecule has 1 fully saturated rings. The summed E-state index contributed by atoms with van der Waals surface area (Å²) in [4.78, 5) is 12.4. The Balaban J connectivity index is 2.06. The third kappa shape index (κ3) is 3.38. The van der Waals surface area contributed by atoms with Crippen LogP contribution in [0.2, 0.25) is 0 Å². The predicted molar refractivity (Wildman–Crippen MR) is 79.4 cm³/mol. The Morgan fingerprint density at radius 3 is 2.35 bits per heavy atom. The molecule has 1 amide bonds. The standard InChI is InChI=1S/C16H24N2O2/c1-11-8-12(2)10-14(9-11)13(3)18-15(19)16(17)4-6-20-7-5-16/h8-10,13H,4-7,17H2,1-3H3,(H,18,19). The molecule has 1 unspecified atom stereocenters. The van der Waals surface area contributed by atoms with Crippen molar-refractivity contribution in [3.63, 3.8) is 0 Å². The van der Waals surface area contributed by atoms with E-state index >= 15 is 0 Å². The first-order valence-electron chi connectivity index (χ1n) is 7.16. The third-order valence-electron chi connectivity index (χ3n) is 3.93. The number of benzene rings is 1. The zero-order valence-electron chi connectivity index (χ0n) is 12.5. The number of hydrogen-bond donors (Lipinski definition) is 2. The van der Waals surface area contributed by atoms with Gasteiger partial charge < -0.3 is 15.8 Å². The lowest BCUT2D eigenvalue weighted by Gasteiger charge is -2.33. The Hall–Kier alpha value is -1.39. The minimum absolute atomic E-state index is 0.0376. The molecule has 20 heavy (non-hydrogen) atoms. The monoisotopic (exact) mass is 276 g/mol. The van der Waals surface area contributed by atoms with E-state index in [2.05, 4.69) is 37.4 Å². The van der Waals surface area contributed by atoms with Crippen molar-refractivity contribution in [1.82, 2.24) is 5.32 Å². The molecule has 0 radical (unpaired) electrons. The highest BCUT2D eigenvalue weighted by Crippen LogP contribution is 2.21. The number of rotatable bonds is 3. The van der Waals surface area contributed by atoms with Gasteiger partial charge in [-0.05, 0) is 39.2 Å². The lowest BCUT2D eigenvalue weighted by atomic mass is 9.89. The fraction of sp³-hybridized carbons (Fsp3) is 0.562. The van der Waals surface area contributed by atoms with Crippen molar-refractivity contribution in [3.8, 4) is 0 Å². The number of carbonyl (C=O) groups excluding carboxylic acids is 1. The Bertz CT molecular complexity index is 473. The molecule has 1 heterocycles. The van der Waals surface area contributed by atoms with E-state index < -0.39 is 5.54 Å². The van der Waals surface area contributed by atoms with Gasteiger partial charge in [-0.1, -0.05) is 29.3 Å². The molecule has 4 nitrogen and oxygen atoms in total. The van der Waals surface area contributed by atoms with Crippen LogP contribution in [0.25, 0.3) is 0 Å². The summed E-state index contributed by atoms with van der Waals surface area (Å²) in [6.07, 6.45) is 1.16. The van der Waals surface area contributed by atoms with Crippen LogP contribution in [0.15, 0.2) is 18.2 Å². The maximum atomic E-state index is 12.4. The van der Waals surface area contributed by atoms with E-state index in [1.807, 2.05) is 6.92 Å². The van der Waals surface area contributed by atoms with E-state index in [4.69, 9.17) is 10.5 Å². The quantitative estimate of drug-likeness (QED) is 0.887. The van der Waals surface area contributed by atoms with Crippen LogP contribution in [0, 0.1) is 13.8 Å². The van der Waals surface area contributed by atoms with E-state index in [1.165, 1.54) is 11.1 Å². The maximum absolute atomic E-state index is 12.4. The summed E-state index contributed by atoms with van der Waals surface area (Å²) in [5.74, 6) is -0.0764. The number of aryl methyl sites for hydroxylation is 2. The Morgan fingerprint density at radius 1 is 1.25 bits per heavy atom. The molecule has 1 aromatic carbocycles. The number of hydrogen-bond acceptors (Lipinski definition) is 3. The molecule has 0 saturated carbocycles. The van der Waals surface area contributed by atoms with Gasteiger partial charge in [-0.15, -0.1) is 0 Å².